The van der Waals surface area contributed by atoms with E-state index < -0.39 is 0 Å². The summed E-state index contributed by atoms with van der Waals surface area (Å²) < 4.78 is 7.00. The van der Waals surface area contributed by atoms with Crippen LogP contribution in [0.2, 0.25) is 0 Å². The van der Waals surface area contributed by atoms with Gasteiger partial charge in [-0.25, -0.2) is 14.8 Å². The number of hydrogen-bond acceptors (Lipinski definition) is 5. The normalized spacial score (nSPS) is 11.6. The molecule has 0 amide bonds. The zero-order valence-electron chi connectivity index (χ0n) is 29.0. The Morgan fingerprint density at radius 2 is 1.25 bits per heavy atom. The minimum absolute atomic E-state index is 0.366. The molecule has 0 aliphatic carbocycles. The van der Waals surface area contributed by atoms with E-state index in [4.69, 9.17) is 16.5 Å². The lowest BCUT2D eigenvalue weighted by Crippen LogP contribution is -2.02. The number of aromatic nitrogens is 3. The Balaban J connectivity index is 1.18. The third-order valence-electron chi connectivity index (χ3n) is 10.5. The van der Waals surface area contributed by atoms with Crippen molar-refractivity contribution in [3.63, 3.8) is 0 Å². The molecule has 0 bridgehead atoms. The largest absolute Gasteiger partial charge is 0.318 e. The molecule has 4 aromatic heterocycles. The molecule has 5 nitrogen and oxygen atoms in total. The van der Waals surface area contributed by atoms with E-state index in [0.717, 1.165) is 54.1 Å². The van der Waals surface area contributed by atoms with Gasteiger partial charge in [0.2, 0.25) is 5.69 Å². The van der Waals surface area contributed by atoms with E-state index in [1.54, 1.807) is 22.7 Å². The van der Waals surface area contributed by atoms with Gasteiger partial charge in [-0.1, -0.05) is 115 Å². The molecule has 0 atom stereocenters. The van der Waals surface area contributed by atoms with E-state index in [0.29, 0.717) is 34.0 Å². The standard InChI is InChI=1S/C48H25N5S2/c1-50-37-26-29(22-25-39(37)53-38-18-8-5-14-30(38)32-23-24-33-31-15-6-9-19-40(31)55-47(33)46(32)53)45-36(27-49)44(28-12-3-2-4-13-28)51-48(52-45)35-17-11-21-42-43(35)34-16-7-10-20-41(34)54-42/h2-26H. The van der Waals surface area contributed by atoms with Gasteiger partial charge in [0.1, 0.15) is 11.6 Å². The van der Waals surface area contributed by atoms with Crippen molar-refractivity contribution in [3.05, 3.63) is 169 Å². The Bertz CT molecular complexity index is 3470. The van der Waals surface area contributed by atoms with Crippen molar-refractivity contribution in [2.45, 2.75) is 0 Å². The number of para-hydroxylation sites is 1. The van der Waals surface area contributed by atoms with Gasteiger partial charge in [-0.3, -0.25) is 0 Å². The first kappa shape index (κ1) is 31.4. The SMILES string of the molecule is [C-]#[N+]c1cc(-c2nc(-c3cccc4sc5ccccc5c34)nc(-c3ccccc3)c2C#N)ccc1-n1c2ccccc2c2ccc3c4ccccc4sc3c21. The fraction of sp³-hybridized carbons (Fsp3) is 0. The summed E-state index contributed by atoms with van der Waals surface area (Å²) in [6, 6.07) is 54.2. The van der Waals surface area contributed by atoms with Gasteiger partial charge in [-0.05, 0) is 42.0 Å². The van der Waals surface area contributed by atoms with Crippen LogP contribution in [-0.4, -0.2) is 14.5 Å². The number of nitrogens with zero attached hydrogens (tertiary/aromatic N) is 5. The van der Waals surface area contributed by atoms with Crippen LogP contribution < -0.4 is 0 Å². The molecule has 254 valence electrons. The zero-order chi connectivity index (χ0) is 36.6. The van der Waals surface area contributed by atoms with E-state index in [9.17, 15) is 5.26 Å². The molecule has 0 unspecified atom stereocenters. The fourth-order valence-corrected chi connectivity index (χ4v) is 10.5. The summed E-state index contributed by atoms with van der Waals surface area (Å²) >= 11 is 3.53. The van der Waals surface area contributed by atoms with Crippen molar-refractivity contribution >= 4 is 90.5 Å². The predicted molar refractivity (Wildman–Crippen MR) is 229 cm³/mol. The van der Waals surface area contributed by atoms with Crippen molar-refractivity contribution in [3.8, 4) is 45.7 Å². The van der Waals surface area contributed by atoms with Crippen LogP contribution in [0.4, 0.5) is 5.69 Å². The first-order valence-corrected chi connectivity index (χ1v) is 19.5. The molecule has 0 radical (unpaired) electrons. The lowest BCUT2D eigenvalue weighted by Gasteiger charge is -2.15. The Kier molecular flexibility index (Phi) is 6.96. The second-order valence-corrected chi connectivity index (χ2v) is 15.6. The van der Waals surface area contributed by atoms with E-state index in [1.165, 1.54) is 24.9 Å². The van der Waals surface area contributed by atoms with Crippen molar-refractivity contribution in [2.75, 3.05) is 0 Å². The second-order valence-electron chi connectivity index (χ2n) is 13.5. The number of hydrogen-bond donors (Lipinski definition) is 0. The molecule has 0 aliphatic rings. The molecule has 0 spiro atoms. The Hall–Kier alpha value is -7.16. The summed E-state index contributed by atoms with van der Waals surface area (Å²) in [5.41, 5.74) is 7.19. The van der Waals surface area contributed by atoms with Crippen LogP contribution in [0.3, 0.4) is 0 Å². The van der Waals surface area contributed by atoms with Gasteiger partial charge in [0.15, 0.2) is 5.82 Å². The quantitative estimate of drug-likeness (QED) is 0.169. The number of thiophene rings is 2. The maximum Gasteiger partial charge on any atom is 0.211 e. The first-order valence-electron chi connectivity index (χ1n) is 17.8. The Morgan fingerprint density at radius 1 is 0.582 bits per heavy atom. The molecular formula is C48H25N5S2. The molecule has 7 aromatic carbocycles. The topological polar surface area (TPSA) is 58.9 Å². The minimum Gasteiger partial charge on any atom is -0.318 e. The molecule has 0 saturated heterocycles. The third kappa shape index (κ3) is 4.68. The van der Waals surface area contributed by atoms with E-state index in [2.05, 4.69) is 113 Å². The van der Waals surface area contributed by atoms with Crippen LogP contribution in [0.1, 0.15) is 5.56 Å². The second kappa shape index (κ2) is 12.2. The Labute approximate surface area is 323 Å². The molecule has 11 aromatic rings. The minimum atomic E-state index is 0.366. The molecule has 0 saturated carbocycles. The maximum atomic E-state index is 10.8. The first-order chi connectivity index (χ1) is 27.2. The van der Waals surface area contributed by atoms with Gasteiger partial charge in [-0.2, -0.15) is 5.26 Å². The smallest absolute Gasteiger partial charge is 0.211 e. The van der Waals surface area contributed by atoms with Gasteiger partial charge >= 0.3 is 0 Å². The molecule has 55 heavy (non-hydrogen) atoms. The zero-order valence-corrected chi connectivity index (χ0v) is 30.6. The van der Waals surface area contributed by atoms with Crippen molar-refractivity contribution in [2.24, 2.45) is 0 Å². The number of benzene rings is 7. The Morgan fingerprint density at radius 3 is 2.05 bits per heavy atom. The third-order valence-corrected chi connectivity index (χ3v) is 12.8. The van der Waals surface area contributed by atoms with Gasteiger partial charge in [0, 0.05) is 57.5 Å². The molecule has 4 heterocycles. The fourth-order valence-electron chi connectivity index (χ4n) is 8.09. The van der Waals surface area contributed by atoms with Crippen LogP contribution in [-0.2, 0) is 0 Å². The number of rotatable bonds is 4. The summed E-state index contributed by atoms with van der Waals surface area (Å²) in [7, 11) is 0. The van der Waals surface area contributed by atoms with Crippen LogP contribution >= 0.6 is 22.7 Å². The highest BCUT2D eigenvalue weighted by Gasteiger charge is 2.23. The molecule has 0 aliphatic heterocycles. The number of fused-ring (bicyclic) bond motifs is 10. The lowest BCUT2D eigenvalue weighted by molar-refractivity contribution is 1.17. The van der Waals surface area contributed by atoms with E-state index in [1.807, 2.05) is 54.6 Å². The molecule has 0 N–H and O–H groups in total. The highest BCUT2D eigenvalue weighted by Crippen LogP contribution is 2.45. The van der Waals surface area contributed by atoms with E-state index >= 15 is 0 Å². The highest BCUT2D eigenvalue weighted by molar-refractivity contribution is 7.26. The van der Waals surface area contributed by atoms with Crippen molar-refractivity contribution < 1.29 is 0 Å². The molecule has 11 rings (SSSR count). The lowest BCUT2D eigenvalue weighted by atomic mass is 9.98. The van der Waals surface area contributed by atoms with Gasteiger partial charge in [0.05, 0.1) is 39.4 Å². The molecular weight excluding hydrogens is 711 g/mol. The number of nitriles is 1. The van der Waals surface area contributed by atoms with Crippen LogP contribution in [0.25, 0.3) is 107 Å². The van der Waals surface area contributed by atoms with Crippen LogP contribution in [0.5, 0.6) is 0 Å². The molecule has 7 heteroatoms. The van der Waals surface area contributed by atoms with E-state index in [-0.39, 0.29) is 0 Å². The van der Waals surface area contributed by atoms with Crippen LogP contribution in [0.15, 0.2) is 152 Å². The van der Waals surface area contributed by atoms with Crippen molar-refractivity contribution in [1.29, 1.82) is 5.26 Å². The van der Waals surface area contributed by atoms with Gasteiger partial charge in [0.25, 0.3) is 0 Å². The summed E-state index contributed by atoms with van der Waals surface area (Å²) in [6.45, 7) is 8.53. The summed E-state index contributed by atoms with van der Waals surface area (Å²) in [5, 5.41) is 17.7. The summed E-state index contributed by atoms with van der Waals surface area (Å²) in [4.78, 5) is 14.5. The predicted octanol–water partition coefficient (Wildman–Crippen LogP) is 13.7. The average molecular weight is 736 g/mol. The summed E-state index contributed by atoms with van der Waals surface area (Å²) in [6.07, 6.45) is 0. The monoisotopic (exact) mass is 735 g/mol. The van der Waals surface area contributed by atoms with Gasteiger partial charge in [-0.15, -0.1) is 22.7 Å². The molecule has 0 fully saturated rings. The van der Waals surface area contributed by atoms with Crippen molar-refractivity contribution in [1.82, 2.24) is 14.5 Å². The maximum absolute atomic E-state index is 10.8. The summed E-state index contributed by atoms with van der Waals surface area (Å²) in [5.74, 6) is 0.532. The highest BCUT2D eigenvalue weighted by atomic mass is 32.1. The average Bonchev–Trinajstić information content (AvgIpc) is 3.93. The van der Waals surface area contributed by atoms with Gasteiger partial charge < -0.3 is 4.57 Å². The van der Waals surface area contributed by atoms with Crippen LogP contribution in [0, 0.1) is 17.9 Å².